The Morgan fingerprint density at radius 1 is 0.709 bits per heavy atom. The molecule has 0 bridgehead atoms. The van der Waals surface area contributed by atoms with Crippen molar-refractivity contribution in [3.05, 3.63) is 108 Å². The van der Waals surface area contributed by atoms with E-state index >= 15 is 0 Å². The molecule has 0 radical (unpaired) electrons. The largest absolute Gasteiger partial charge is 0.508 e. The predicted octanol–water partition coefficient (Wildman–Crippen LogP) is 4.53. The molecule has 2 saturated heterocycles. The first kappa shape index (κ1) is 60.9. The maximum absolute atomic E-state index is 14.3. The summed E-state index contributed by atoms with van der Waals surface area (Å²) in [5.74, 6) is -2.83. The number of rotatable bonds is 28. The fraction of sp³-hybridized carbons (Fsp3) is 0.483. The van der Waals surface area contributed by atoms with Gasteiger partial charge in [0.1, 0.15) is 47.9 Å². The first-order valence-electron chi connectivity index (χ1n) is 28.0. The number of phenolic OH excluding ortho intramolecular Hbond substituents is 1. The van der Waals surface area contributed by atoms with Gasteiger partial charge in [-0.3, -0.25) is 38.9 Å². The van der Waals surface area contributed by atoms with Gasteiger partial charge in [-0.15, -0.1) is 0 Å². The Morgan fingerprint density at radius 3 is 1.89 bits per heavy atom. The zero-order valence-corrected chi connectivity index (χ0v) is 46.3. The van der Waals surface area contributed by atoms with Gasteiger partial charge in [-0.1, -0.05) is 101 Å². The van der Waals surface area contributed by atoms with Crippen molar-refractivity contribution in [1.82, 2.24) is 41.7 Å². The molecule has 19 nitrogen and oxygen atoms in total. The highest BCUT2D eigenvalue weighted by atomic mass is 16.5. The molecule has 0 aliphatic carbocycles. The molecule has 0 spiro atoms. The second kappa shape index (κ2) is 30.1. The van der Waals surface area contributed by atoms with Crippen LogP contribution in [0.3, 0.4) is 0 Å². The van der Waals surface area contributed by atoms with Crippen LogP contribution in [0.5, 0.6) is 11.5 Å². The van der Waals surface area contributed by atoms with Gasteiger partial charge in [0.25, 0.3) is 5.91 Å². The molecular weight excluding hydrogens is 1010 g/mol. The van der Waals surface area contributed by atoms with E-state index in [1.165, 1.54) is 28.9 Å². The highest BCUT2D eigenvalue weighted by Crippen LogP contribution is 2.28. The topological polar surface area (TPSA) is 274 Å². The molecule has 2 fully saturated rings. The predicted molar refractivity (Wildman–Crippen MR) is 302 cm³/mol. The number of ether oxygens (including phenoxy) is 1. The molecule has 79 heavy (non-hydrogen) atoms. The smallest absolute Gasteiger partial charge is 0.251 e. The highest BCUT2D eigenvalue weighted by Gasteiger charge is 2.42. The minimum absolute atomic E-state index is 0.0342. The molecule has 6 unspecified atom stereocenters. The zero-order valence-electron chi connectivity index (χ0n) is 46.3. The number of phenols is 1. The van der Waals surface area contributed by atoms with E-state index in [2.05, 4.69) is 38.8 Å². The molecule has 426 valence electrons. The minimum Gasteiger partial charge on any atom is -0.508 e. The number of carbonyl (C=O) groups is 7. The van der Waals surface area contributed by atoms with E-state index < -0.39 is 90.4 Å². The van der Waals surface area contributed by atoms with Crippen molar-refractivity contribution in [2.45, 2.75) is 141 Å². The number of hydrogen-bond donors (Lipinski definition) is 9. The van der Waals surface area contributed by atoms with Crippen molar-refractivity contribution in [2.24, 2.45) is 11.7 Å². The lowest BCUT2D eigenvalue weighted by Crippen LogP contribution is -2.60. The number of amides is 7. The van der Waals surface area contributed by atoms with Crippen LogP contribution in [0.15, 0.2) is 97.1 Å². The second-order valence-electron chi connectivity index (χ2n) is 20.7. The Morgan fingerprint density at radius 2 is 1.29 bits per heavy atom. The van der Waals surface area contributed by atoms with Crippen molar-refractivity contribution in [1.29, 1.82) is 0 Å². The van der Waals surface area contributed by atoms with Gasteiger partial charge in [-0.25, -0.2) is 0 Å². The summed E-state index contributed by atoms with van der Waals surface area (Å²) in [6, 6.07) is 24.6. The fourth-order valence-corrected chi connectivity index (χ4v) is 9.99. The van der Waals surface area contributed by atoms with Gasteiger partial charge >= 0.3 is 0 Å². The number of benzene rings is 4. The average molecular weight is 1090 g/mol. The second-order valence-corrected chi connectivity index (χ2v) is 20.7. The van der Waals surface area contributed by atoms with E-state index in [-0.39, 0.29) is 50.6 Å². The van der Waals surface area contributed by atoms with Gasteiger partial charge in [0.2, 0.25) is 35.4 Å². The molecule has 6 rings (SSSR count). The molecule has 19 heteroatoms. The Bertz CT molecular complexity index is 2650. The monoisotopic (exact) mass is 1090 g/mol. The first-order valence-corrected chi connectivity index (χ1v) is 28.0. The number of nitrogens with zero attached hydrogens (tertiary/aromatic N) is 2. The van der Waals surface area contributed by atoms with Crippen LogP contribution in [0, 0.1) is 5.92 Å². The third-order valence-corrected chi connectivity index (χ3v) is 14.6. The van der Waals surface area contributed by atoms with Gasteiger partial charge in [-0.2, -0.15) is 0 Å². The number of aliphatic hydroxyl groups excluding tert-OH is 1. The lowest BCUT2D eigenvalue weighted by atomic mass is 9.99. The molecule has 10 N–H and O–H groups in total. The van der Waals surface area contributed by atoms with E-state index in [4.69, 9.17) is 10.5 Å². The average Bonchev–Trinajstić information content (AvgIpc) is 4.15. The Balaban J connectivity index is 1.03. The van der Waals surface area contributed by atoms with Crippen LogP contribution in [0.1, 0.15) is 108 Å². The lowest BCUT2D eigenvalue weighted by molar-refractivity contribution is -0.143. The summed E-state index contributed by atoms with van der Waals surface area (Å²) in [7, 11) is 0. The molecule has 0 aromatic heterocycles. The summed E-state index contributed by atoms with van der Waals surface area (Å²) < 4.78 is 5.85. The number of aromatic hydroxyl groups is 1. The maximum Gasteiger partial charge on any atom is 0.251 e. The number of hydrogen-bond acceptors (Lipinski definition) is 12. The number of aliphatic hydroxyl groups is 1. The number of aryl methyl sites for hydroxylation is 1. The van der Waals surface area contributed by atoms with Crippen LogP contribution < -0.4 is 42.4 Å². The van der Waals surface area contributed by atoms with E-state index in [1.807, 2.05) is 67.6 Å². The molecule has 7 amide bonds. The zero-order chi connectivity index (χ0) is 57.0. The van der Waals surface area contributed by atoms with Crippen LogP contribution in [0.25, 0.3) is 22.3 Å². The van der Waals surface area contributed by atoms with Gasteiger partial charge in [-0.05, 0) is 128 Å². The van der Waals surface area contributed by atoms with Crippen LogP contribution in [-0.4, -0.2) is 143 Å². The third kappa shape index (κ3) is 17.3. The molecule has 2 aliphatic rings. The number of carbonyl (C=O) groups excluding carboxylic acids is 7. The Hall–Kier alpha value is -7.35. The quantitative estimate of drug-likeness (QED) is 0.0281. The SMILES string of the molecule is CCCCCOc1ccc(-c2ccc(-c3ccc(C(=O)NCC(=O)NC(CC)C(=O)N4CCCC4C(=O)NC(CCc4ccc(O)cc4)C(=O)NC(CC)C(=O)N4C[C@H](C)CC4C(=O)NC(NCCN)[C@@H](C)O)cc3)cc2)cc1. The van der Waals surface area contributed by atoms with Crippen molar-refractivity contribution < 1.29 is 48.5 Å². The summed E-state index contributed by atoms with van der Waals surface area (Å²) in [5, 5.41) is 37.0. The number of likely N-dealkylation sites (tertiary alicyclic amines) is 2. The van der Waals surface area contributed by atoms with Crippen molar-refractivity contribution >= 4 is 41.4 Å². The van der Waals surface area contributed by atoms with E-state index in [0.717, 1.165) is 52.8 Å². The summed E-state index contributed by atoms with van der Waals surface area (Å²) in [6.45, 7) is 10.5. The molecule has 0 saturated carbocycles. The van der Waals surface area contributed by atoms with Crippen molar-refractivity contribution in [2.75, 3.05) is 39.3 Å². The van der Waals surface area contributed by atoms with Crippen molar-refractivity contribution in [3.8, 4) is 33.8 Å². The van der Waals surface area contributed by atoms with E-state index in [9.17, 15) is 43.8 Å². The highest BCUT2D eigenvalue weighted by molar-refractivity contribution is 5.99. The van der Waals surface area contributed by atoms with Crippen LogP contribution >= 0.6 is 0 Å². The van der Waals surface area contributed by atoms with Gasteiger partial charge in [0.15, 0.2) is 0 Å². The molecule has 8 atom stereocenters. The van der Waals surface area contributed by atoms with Crippen LogP contribution in [0.2, 0.25) is 0 Å². The van der Waals surface area contributed by atoms with Crippen LogP contribution in [-0.2, 0) is 35.2 Å². The summed E-state index contributed by atoms with van der Waals surface area (Å²) in [5.41, 5.74) is 10.8. The normalized spacial score (nSPS) is 17.9. The Kier molecular flexibility index (Phi) is 23.2. The number of nitrogens with two attached hydrogens (primary N) is 1. The first-order chi connectivity index (χ1) is 38.0. The lowest BCUT2D eigenvalue weighted by Gasteiger charge is -2.32. The summed E-state index contributed by atoms with van der Waals surface area (Å²) >= 11 is 0. The summed E-state index contributed by atoms with van der Waals surface area (Å²) in [4.78, 5) is 99.8. The Labute approximate surface area is 464 Å². The number of nitrogens with one attached hydrogen (secondary N) is 6. The maximum atomic E-state index is 14.3. The standard InChI is InChI=1S/C60H81N9O10/c1-6-9-10-34-79-47-28-24-44(25-29-47)42-18-16-41(17-19-42)43-20-22-45(23-21-43)55(73)63-36-53(72)64-48(7-2)59(77)68-33-11-12-51(68)57(75)66-50(30-15-40-13-26-46(71)27-14-40)56(74)65-49(8-3)60(78)69-37-38(4)35-52(69)58(76)67-54(39(5)70)62-32-31-61/h13-14,16-29,38-39,48-52,54,62,70-71H,6-12,15,30-37,61H2,1-5H3,(H,63,73)(H,64,72)(H,65,74)(H,66,75)(H,67,76)/t38-,39-,48?,49?,50?,51?,52?,54?/m1/s1. The van der Waals surface area contributed by atoms with E-state index in [0.29, 0.717) is 44.4 Å². The summed E-state index contributed by atoms with van der Waals surface area (Å²) in [6.07, 6.45) is 3.49. The number of unbranched alkanes of at least 4 members (excludes halogenated alkanes) is 2. The molecule has 2 heterocycles. The minimum atomic E-state index is -1.17. The molecule has 4 aromatic carbocycles. The van der Waals surface area contributed by atoms with Gasteiger partial charge < -0.3 is 57.1 Å². The molecule has 2 aliphatic heterocycles. The molecular formula is C60H81N9O10. The van der Waals surface area contributed by atoms with Gasteiger partial charge in [0, 0.05) is 31.7 Å². The van der Waals surface area contributed by atoms with E-state index in [1.54, 1.807) is 38.1 Å². The van der Waals surface area contributed by atoms with Gasteiger partial charge in [0.05, 0.1) is 19.3 Å². The fourth-order valence-electron chi connectivity index (χ4n) is 9.99. The van der Waals surface area contributed by atoms with Crippen LogP contribution in [0.4, 0.5) is 0 Å². The molecule has 4 aromatic rings. The third-order valence-electron chi connectivity index (χ3n) is 14.6. The van der Waals surface area contributed by atoms with Crippen molar-refractivity contribution in [3.63, 3.8) is 0 Å².